The highest BCUT2D eigenvalue weighted by Gasteiger charge is 2.16. The van der Waals surface area contributed by atoms with Crippen LogP contribution in [0, 0.1) is 0 Å². The minimum Gasteiger partial charge on any atom is -0.382 e. The molecule has 3 rings (SSSR count). The van der Waals surface area contributed by atoms with Crippen molar-refractivity contribution >= 4 is 33.0 Å². The third-order valence-electron chi connectivity index (χ3n) is 4.94. The van der Waals surface area contributed by atoms with E-state index >= 15 is 0 Å². The summed E-state index contributed by atoms with van der Waals surface area (Å²) in [5, 5.41) is 6.38. The van der Waals surface area contributed by atoms with E-state index in [1.165, 1.54) is 32.1 Å². The van der Waals surface area contributed by atoms with E-state index in [4.69, 9.17) is 0 Å². The minimum atomic E-state index is -3.46. The first-order valence-corrected chi connectivity index (χ1v) is 11.4. The lowest BCUT2D eigenvalue weighted by molar-refractivity contribution is 0.102. The van der Waals surface area contributed by atoms with Crippen LogP contribution in [0.4, 0.5) is 17.1 Å². The normalized spacial score (nSPS) is 15.0. The van der Waals surface area contributed by atoms with Crippen LogP contribution in [-0.2, 0) is 10.0 Å². The Morgan fingerprint density at radius 3 is 2.29 bits per heavy atom. The highest BCUT2D eigenvalue weighted by atomic mass is 32.2. The Balaban J connectivity index is 1.66. The number of sulfonamides is 1. The van der Waals surface area contributed by atoms with Crippen LogP contribution >= 0.6 is 0 Å². The maximum absolute atomic E-state index is 12.6. The number of nitrogens with one attached hydrogen (secondary N) is 3. The molecule has 3 N–H and O–H groups in total. The van der Waals surface area contributed by atoms with Crippen molar-refractivity contribution in [3.8, 4) is 0 Å². The van der Waals surface area contributed by atoms with Gasteiger partial charge in [-0.25, -0.2) is 8.42 Å². The summed E-state index contributed by atoms with van der Waals surface area (Å²) in [5.74, 6) is -0.416. The molecule has 0 aliphatic heterocycles. The van der Waals surface area contributed by atoms with Crippen molar-refractivity contribution in [1.29, 1.82) is 0 Å². The monoisotopic (exact) mass is 401 g/mol. The van der Waals surface area contributed by atoms with Gasteiger partial charge in [0.1, 0.15) is 0 Å². The summed E-state index contributed by atoms with van der Waals surface area (Å²) in [6.45, 7) is 1.55. The fourth-order valence-corrected chi connectivity index (χ4v) is 4.00. The molecule has 6 nitrogen and oxygen atoms in total. The highest BCUT2D eigenvalue weighted by molar-refractivity contribution is 7.92. The van der Waals surface area contributed by atoms with Crippen molar-refractivity contribution in [2.24, 2.45) is 0 Å². The number of anilines is 3. The van der Waals surface area contributed by atoms with Gasteiger partial charge in [0, 0.05) is 17.4 Å². The zero-order valence-electron chi connectivity index (χ0n) is 16.1. The number of para-hydroxylation sites is 1. The Labute approximate surface area is 166 Å². The fraction of sp³-hybridized carbons (Fsp3) is 0.381. The molecule has 1 saturated carbocycles. The standard InChI is InChI=1S/C21H27N3O3S/c1-2-28(26,27)24-20-11-7-6-10-19(20)21(25)23-18-14-12-17(13-15-18)22-16-8-4-3-5-9-16/h6-7,10-16,22,24H,2-5,8-9H2,1H3,(H,23,25). The minimum absolute atomic E-state index is 0.0571. The lowest BCUT2D eigenvalue weighted by Crippen LogP contribution is -2.22. The molecule has 1 aliphatic carbocycles. The van der Waals surface area contributed by atoms with Crippen molar-refractivity contribution in [1.82, 2.24) is 0 Å². The van der Waals surface area contributed by atoms with Crippen molar-refractivity contribution in [2.75, 3.05) is 21.1 Å². The topological polar surface area (TPSA) is 87.3 Å². The SMILES string of the molecule is CCS(=O)(=O)Nc1ccccc1C(=O)Nc1ccc(NC2CCCCC2)cc1. The van der Waals surface area contributed by atoms with Crippen LogP contribution in [0.5, 0.6) is 0 Å². The molecule has 0 aromatic heterocycles. The van der Waals surface area contributed by atoms with E-state index in [0.717, 1.165) is 5.69 Å². The Kier molecular flexibility index (Phi) is 6.57. The molecule has 1 aliphatic rings. The number of carbonyl (C=O) groups is 1. The Hall–Kier alpha value is -2.54. The lowest BCUT2D eigenvalue weighted by Gasteiger charge is -2.24. The van der Waals surface area contributed by atoms with Gasteiger partial charge in [-0.15, -0.1) is 0 Å². The lowest BCUT2D eigenvalue weighted by atomic mass is 9.95. The summed E-state index contributed by atoms with van der Waals surface area (Å²) in [6, 6.07) is 14.7. The van der Waals surface area contributed by atoms with Gasteiger partial charge in [-0.3, -0.25) is 9.52 Å². The van der Waals surface area contributed by atoms with Gasteiger partial charge < -0.3 is 10.6 Å². The zero-order valence-corrected chi connectivity index (χ0v) is 16.9. The van der Waals surface area contributed by atoms with E-state index in [1.54, 1.807) is 31.2 Å². The van der Waals surface area contributed by atoms with Gasteiger partial charge in [0.2, 0.25) is 10.0 Å². The summed E-state index contributed by atoms with van der Waals surface area (Å²) in [4.78, 5) is 12.6. The molecule has 0 saturated heterocycles. The van der Waals surface area contributed by atoms with Crippen LogP contribution in [-0.4, -0.2) is 26.1 Å². The third kappa shape index (κ3) is 5.48. The number of benzene rings is 2. The van der Waals surface area contributed by atoms with Crippen LogP contribution in [0.2, 0.25) is 0 Å². The molecule has 0 radical (unpaired) electrons. The molecule has 2 aromatic carbocycles. The van der Waals surface area contributed by atoms with E-state index < -0.39 is 10.0 Å². The smallest absolute Gasteiger partial charge is 0.257 e. The second-order valence-corrected chi connectivity index (χ2v) is 9.07. The molecule has 7 heteroatoms. The average Bonchev–Trinajstić information content (AvgIpc) is 2.70. The quantitative estimate of drug-likeness (QED) is 0.640. The van der Waals surface area contributed by atoms with Gasteiger partial charge >= 0.3 is 0 Å². The first-order chi connectivity index (χ1) is 13.5. The summed E-state index contributed by atoms with van der Waals surface area (Å²) in [7, 11) is -3.46. The second-order valence-electron chi connectivity index (χ2n) is 7.06. The summed E-state index contributed by atoms with van der Waals surface area (Å²) in [5.41, 5.74) is 2.26. The molecule has 150 valence electrons. The maximum Gasteiger partial charge on any atom is 0.257 e. The van der Waals surface area contributed by atoms with E-state index in [9.17, 15) is 13.2 Å². The zero-order chi connectivity index (χ0) is 20.0. The summed E-state index contributed by atoms with van der Waals surface area (Å²) < 4.78 is 26.2. The largest absolute Gasteiger partial charge is 0.382 e. The first-order valence-electron chi connectivity index (χ1n) is 9.74. The Morgan fingerprint density at radius 2 is 1.61 bits per heavy atom. The van der Waals surface area contributed by atoms with Crippen LogP contribution in [0.15, 0.2) is 48.5 Å². The molecule has 1 amide bonds. The number of carbonyl (C=O) groups excluding carboxylic acids is 1. The summed E-state index contributed by atoms with van der Waals surface area (Å²) >= 11 is 0. The Morgan fingerprint density at radius 1 is 0.964 bits per heavy atom. The molecule has 0 atom stereocenters. The highest BCUT2D eigenvalue weighted by Crippen LogP contribution is 2.23. The van der Waals surface area contributed by atoms with Gasteiger partial charge in [-0.2, -0.15) is 0 Å². The van der Waals surface area contributed by atoms with E-state index in [1.807, 2.05) is 24.3 Å². The first kappa shape index (κ1) is 20.2. The predicted molar refractivity (Wildman–Crippen MR) is 114 cm³/mol. The van der Waals surface area contributed by atoms with E-state index in [-0.39, 0.29) is 22.9 Å². The van der Waals surface area contributed by atoms with Gasteiger partial charge in [-0.1, -0.05) is 31.4 Å². The van der Waals surface area contributed by atoms with Gasteiger partial charge in [0.25, 0.3) is 5.91 Å². The predicted octanol–water partition coefficient (Wildman–Crippen LogP) is 4.45. The van der Waals surface area contributed by atoms with E-state index in [0.29, 0.717) is 11.7 Å². The second kappa shape index (κ2) is 9.10. The van der Waals surface area contributed by atoms with Crippen LogP contribution in [0.1, 0.15) is 49.4 Å². The molecule has 0 spiro atoms. The molecule has 0 bridgehead atoms. The fourth-order valence-electron chi connectivity index (χ4n) is 3.34. The van der Waals surface area contributed by atoms with Crippen molar-refractivity contribution in [2.45, 2.75) is 45.1 Å². The number of hydrogen-bond donors (Lipinski definition) is 3. The van der Waals surface area contributed by atoms with E-state index in [2.05, 4.69) is 15.4 Å². The van der Waals surface area contributed by atoms with Crippen molar-refractivity contribution in [3.63, 3.8) is 0 Å². The molecule has 0 heterocycles. The number of hydrogen-bond acceptors (Lipinski definition) is 4. The van der Waals surface area contributed by atoms with Crippen molar-refractivity contribution < 1.29 is 13.2 Å². The van der Waals surface area contributed by atoms with Gasteiger partial charge in [0.15, 0.2) is 0 Å². The van der Waals surface area contributed by atoms with Crippen LogP contribution in [0.25, 0.3) is 0 Å². The van der Waals surface area contributed by atoms with Crippen LogP contribution in [0.3, 0.4) is 0 Å². The molecule has 1 fully saturated rings. The molecule has 28 heavy (non-hydrogen) atoms. The molecule has 0 unspecified atom stereocenters. The van der Waals surface area contributed by atoms with Crippen molar-refractivity contribution in [3.05, 3.63) is 54.1 Å². The van der Waals surface area contributed by atoms with Gasteiger partial charge in [-0.05, 0) is 56.2 Å². The molecule has 2 aromatic rings. The maximum atomic E-state index is 12.6. The molecular formula is C21H27N3O3S. The van der Waals surface area contributed by atoms with Crippen LogP contribution < -0.4 is 15.4 Å². The summed E-state index contributed by atoms with van der Waals surface area (Å²) in [6.07, 6.45) is 6.25. The number of amides is 1. The molecular weight excluding hydrogens is 374 g/mol. The van der Waals surface area contributed by atoms with Gasteiger partial charge in [0.05, 0.1) is 17.0 Å². The number of rotatable bonds is 7. The Bertz CT molecular complexity index is 905. The third-order valence-corrected chi connectivity index (χ3v) is 6.23. The average molecular weight is 402 g/mol.